The Morgan fingerprint density at radius 2 is 2.25 bits per heavy atom. The maximum Gasteiger partial charge on any atom is 0.410 e. The molecule has 0 aliphatic carbocycles. The molecule has 1 saturated heterocycles. The fourth-order valence-corrected chi connectivity index (χ4v) is 1.77. The van der Waals surface area contributed by atoms with Gasteiger partial charge in [-0.2, -0.15) is 0 Å². The van der Waals surface area contributed by atoms with Crippen LogP contribution in [0.15, 0.2) is 0 Å². The zero-order valence-electron chi connectivity index (χ0n) is 10.1. The van der Waals surface area contributed by atoms with Crippen molar-refractivity contribution in [2.45, 2.75) is 51.4 Å². The van der Waals surface area contributed by atoms with Crippen LogP contribution in [-0.4, -0.2) is 40.4 Å². The predicted octanol–water partition coefficient (Wildman–Crippen LogP) is 1.38. The van der Waals surface area contributed by atoms with Crippen molar-refractivity contribution in [1.82, 2.24) is 4.90 Å². The molecule has 1 rings (SSSR count). The molecule has 16 heavy (non-hydrogen) atoms. The fourth-order valence-electron chi connectivity index (χ4n) is 1.77. The van der Waals surface area contributed by atoms with Crippen LogP contribution in [0.4, 0.5) is 4.79 Å². The standard InChI is InChI=1S/C12H19NO3/c1-5-6-9-7-10(14)8-13(9)11(15)16-12(2,3)4/h1,9-10,14H,6-8H2,2-4H3/t9-,10?/m0/s1. The van der Waals surface area contributed by atoms with E-state index < -0.39 is 17.8 Å². The molecule has 1 unspecified atom stereocenters. The average molecular weight is 225 g/mol. The van der Waals surface area contributed by atoms with Crippen LogP contribution in [0.1, 0.15) is 33.6 Å². The molecule has 1 amide bonds. The normalized spacial score (nSPS) is 25.3. The Morgan fingerprint density at radius 3 is 2.75 bits per heavy atom. The molecular weight excluding hydrogens is 206 g/mol. The van der Waals surface area contributed by atoms with Gasteiger partial charge in [0.2, 0.25) is 0 Å². The zero-order chi connectivity index (χ0) is 12.3. The fraction of sp³-hybridized carbons (Fsp3) is 0.750. The maximum atomic E-state index is 11.8. The molecule has 0 radical (unpaired) electrons. The van der Waals surface area contributed by atoms with Gasteiger partial charge >= 0.3 is 6.09 Å². The summed E-state index contributed by atoms with van der Waals surface area (Å²) >= 11 is 0. The highest BCUT2D eigenvalue weighted by atomic mass is 16.6. The lowest BCUT2D eigenvalue weighted by Crippen LogP contribution is -2.40. The Labute approximate surface area is 96.6 Å². The molecule has 1 fully saturated rings. The molecule has 1 heterocycles. The summed E-state index contributed by atoms with van der Waals surface area (Å²) in [5.41, 5.74) is -0.523. The molecule has 0 aromatic carbocycles. The largest absolute Gasteiger partial charge is 0.444 e. The summed E-state index contributed by atoms with van der Waals surface area (Å²) in [6.07, 6.45) is 5.33. The third kappa shape index (κ3) is 3.42. The minimum absolute atomic E-state index is 0.102. The summed E-state index contributed by atoms with van der Waals surface area (Å²) in [7, 11) is 0. The molecule has 90 valence electrons. The van der Waals surface area contributed by atoms with E-state index in [9.17, 15) is 9.90 Å². The summed E-state index contributed by atoms with van der Waals surface area (Å²) in [5, 5.41) is 9.53. The van der Waals surface area contributed by atoms with Gasteiger partial charge in [0.1, 0.15) is 5.60 Å². The van der Waals surface area contributed by atoms with Gasteiger partial charge in [0.25, 0.3) is 0 Å². The highest BCUT2D eigenvalue weighted by Gasteiger charge is 2.36. The monoisotopic (exact) mass is 225 g/mol. The lowest BCUT2D eigenvalue weighted by atomic mass is 10.1. The molecule has 0 bridgehead atoms. The van der Waals surface area contributed by atoms with E-state index >= 15 is 0 Å². The summed E-state index contributed by atoms with van der Waals surface area (Å²) in [6, 6.07) is -0.102. The van der Waals surface area contributed by atoms with Crippen LogP contribution in [0, 0.1) is 12.3 Å². The number of rotatable bonds is 1. The minimum atomic E-state index is -0.523. The van der Waals surface area contributed by atoms with Crippen LogP contribution < -0.4 is 0 Å². The molecular formula is C12H19NO3. The van der Waals surface area contributed by atoms with Crippen molar-refractivity contribution >= 4 is 6.09 Å². The minimum Gasteiger partial charge on any atom is -0.444 e. The smallest absolute Gasteiger partial charge is 0.410 e. The van der Waals surface area contributed by atoms with E-state index in [1.807, 2.05) is 20.8 Å². The number of likely N-dealkylation sites (tertiary alicyclic amines) is 1. The number of terminal acetylenes is 1. The van der Waals surface area contributed by atoms with Gasteiger partial charge in [-0.15, -0.1) is 12.3 Å². The van der Waals surface area contributed by atoms with Crippen LogP contribution in [0.25, 0.3) is 0 Å². The van der Waals surface area contributed by atoms with Crippen molar-refractivity contribution in [2.75, 3.05) is 6.54 Å². The van der Waals surface area contributed by atoms with Crippen molar-refractivity contribution in [3.63, 3.8) is 0 Å². The van der Waals surface area contributed by atoms with Gasteiger partial charge in [-0.3, -0.25) is 0 Å². The summed E-state index contributed by atoms with van der Waals surface area (Å²) < 4.78 is 5.25. The van der Waals surface area contributed by atoms with E-state index in [2.05, 4.69) is 5.92 Å². The van der Waals surface area contributed by atoms with E-state index in [4.69, 9.17) is 11.2 Å². The quantitative estimate of drug-likeness (QED) is 0.686. The molecule has 0 saturated carbocycles. The van der Waals surface area contributed by atoms with E-state index in [1.54, 1.807) is 0 Å². The lowest BCUT2D eigenvalue weighted by molar-refractivity contribution is 0.0211. The molecule has 1 aliphatic rings. The number of nitrogens with zero attached hydrogens (tertiary/aromatic N) is 1. The average Bonchev–Trinajstić information content (AvgIpc) is 2.44. The molecule has 0 spiro atoms. The predicted molar refractivity (Wildman–Crippen MR) is 60.8 cm³/mol. The van der Waals surface area contributed by atoms with Crippen LogP contribution >= 0.6 is 0 Å². The first kappa shape index (κ1) is 12.9. The Morgan fingerprint density at radius 1 is 1.62 bits per heavy atom. The first-order valence-electron chi connectivity index (χ1n) is 5.44. The third-order valence-corrected chi connectivity index (χ3v) is 2.37. The number of β-amino-alcohol motifs (C(OH)–C–C–N with tert-alkyl or cyclic N) is 1. The molecule has 2 atom stereocenters. The Kier molecular flexibility index (Phi) is 3.82. The maximum absolute atomic E-state index is 11.8. The molecule has 1 aliphatic heterocycles. The van der Waals surface area contributed by atoms with Crippen LogP contribution in [0.3, 0.4) is 0 Å². The number of ether oxygens (including phenoxy) is 1. The second kappa shape index (κ2) is 4.75. The van der Waals surface area contributed by atoms with Gasteiger partial charge in [0.05, 0.1) is 12.6 Å². The number of aliphatic hydroxyl groups is 1. The second-order valence-corrected chi connectivity index (χ2v) is 5.08. The van der Waals surface area contributed by atoms with Gasteiger partial charge in [-0.25, -0.2) is 4.79 Å². The molecule has 0 aromatic rings. The first-order valence-corrected chi connectivity index (χ1v) is 5.44. The summed E-state index contributed by atoms with van der Waals surface area (Å²) in [5.74, 6) is 2.52. The zero-order valence-corrected chi connectivity index (χ0v) is 10.1. The molecule has 1 N–H and O–H groups in total. The van der Waals surface area contributed by atoms with Crippen molar-refractivity contribution in [3.05, 3.63) is 0 Å². The van der Waals surface area contributed by atoms with E-state index in [0.717, 1.165) is 0 Å². The number of hydrogen-bond acceptors (Lipinski definition) is 3. The first-order chi connectivity index (χ1) is 7.33. The van der Waals surface area contributed by atoms with Crippen molar-refractivity contribution in [2.24, 2.45) is 0 Å². The topological polar surface area (TPSA) is 49.8 Å². The molecule has 4 nitrogen and oxygen atoms in total. The third-order valence-electron chi connectivity index (χ3n) is 2.37. The van der Waals surface area contributed by atoms with Crippen LogP contribution in [0.5, 0.6) is 0 Å². The Bertz CT molecular complexity index is 300. The van der Waals surface area contributed by atoms with Crippen LogP contribution in [-0.2, 0) is 4.74 Å². The molecule has 4 heteroatoms. The highest BCUT2D eigenvalue weighted by Crippen LogP contribution is 2.22. The van der Waals surface area contributed by atoms with Crippen LogP contribution in [0.2, 0.25) is 0 Å². The Hall–Kier alpha value is -1.21. The Balaban J connectivity index is 2.64. The van der Waals surface area contributed by atoms with Crippen molar-refractivity contribution < 1.29 is 14.6 Å². The number of hydrogen-bond donors (Lipinski definition) is 1. The van der Waals surface area contributed by atoms with Crippen molar-refractivity contribution in [1.29, 1.82) is 0 Å². The van der Waals surface area contributed by atoms with Gasteiger partial charge in [-0.05, 0) is 27.2 Å². The van der Waals surface area contributed by atoms with E-state index in [0.29, 0.717) is 19.4 Å². The number of aliphatic hydroxyl groups excluding tert-OH is 1. The van der Waals surface area contributed by atoms with Gasteiger partial charge in [-0.1, -0.05) is 0 Å². The van der Waals surface area contributed by atoms with Gasteiger partial charge in [0, 0.05) is 12.5 Å². The number of amides is 1. The van der Waals surface area contributed by atoms with E-state index in [-0.39, 0.29) is 6.04 Å². The number of carbonyl (C=O) groups excluding carboxylic acids is 1. The summed E-state index contributed by atoms with van der Waals surface area (Å²) in [6.45, 7) is 5.75. The van der Waals surface area contributed by atoms with Gasteiger partial charge in [0.15, 0.2) is 0 Å². The van der Waals surface area contributed by atoms with Gasteiger partial charge < -0.3 is 14.7 Å². The summed E-state index contributed by atoms with van der Waals surface area (Å²) in [4.78, 5) is 13.3. The SMILES string of the molecule is C#CC[C@H]1CC(O)CN1C(=O)OC(C)(C)C. The molecule has 0 aromatic heterocycles. The van der Waals surface area contributed by atoms with E-state index in [1.165, 1.54) is 4.90 Å². The second-order valence-electron chi connectivity index (χ2n) is 5.08. The lowest BCUT2D eigenvalue weighted by Gasteiger charge is -2.27. The highest BCUT2D eigenvalue weighted by molar-refractivity contribution is 5.69. The number of carbonyl (C=O) groups is 1. The van der Waals surface area contributed by atoms with Crippen molar-refractivity contribution in [3.8, 4) is 12.3 Å².